The molecule has 2 atom stereocenters. The van der Waals surface area contributed by atoms with Gasteiger partial charge in [-0.2, -0.15) is 13.2 Å². The number of alkyl halides is 3. The van der Waals surface area contributed by atoms with E-state index in [4.69, 9.17) is 4.74 Å². The Morgan fingerprint density at radius 3 is 2.43 bits per heavy atom. The molecule has 1 fully saturated rings. The van der Waals surface area contributed by atoms with Crippen LogP contribution in [0.5, 0.6) is 5.75 Å². The average molecular weight is 493 g/mol. The van der Waals surface area contributed by atoms with Gasteiger partial charge in [-0.05, 0) is 67.9 Å². The second-order valence-corrected chi connectivity index (χ2v) is 8.96. The zero-order valence-electron chi connectivity index (χ0n) is 19.9. The molecule has 3 N–H and O–H groups in total. The van der Waals surface area contributed by atoms with E-state index in [0.29, 0.717) is 30.0 Å². The Labute approximate surface area is 202 Å². The molecule has 6 nitrogen and oxygen atoms in total. The highest BCUT2D eigenvalue weighted by atomic mass is 19.4. The highest BCUT2D eigenvalue weighted by Crippen LogP contribution is 2.49. The lowest BCUT2D eigenvalue weighted by molar-refractivity contribution is -0.138. The smallest absolute Gasteiger partial charge is 0.389 e. The molecule has 190 valence electrons. The van der Waals surface area contributed by atoms with Crippen molar-refractivity contribution in [2.24, 2.45) is 5.92 Å². The van der Waals surface area contributed by atoms with Gasteiger partial charge in [0.1, 0.15) is 5.75 Å². The van der Waals surface area contributed by atoms with Gasteiger partial charge in [-0.3, -0.25) is 4.79 Å². The number of carboxylic acids is 1. The standard InChI is InChI=1S/C26H31F3N2O4/c1-3-4-6-17-13-18(20-15-21(20)24(32)33)14-22(23(17)35-12-5-11-26(27,28)29)31-25(34)30-19-9-7-16(2)8-10-19/h7-10,13-14,20-21H,3-6,11-12,15H2,1-2H3,(H,32,33)(H2,30,31,34)/t20-,21+/m1/s1. The van der Waals surface area contributed by atoms with E-state index < -0.39 is 30.5 Å². The Balaban J connectivity index is 1.87. The van der Waals surface area contributed by atoms with Crippen LogP contribution in [0.3, 0.4) is 0 Å². The van der Waals surface area contributed by atoms with Crippen LogP contribution in [0.15, 0.2) is 36.4 Å². The molecular weight excluding hydrogens is 461 g/mol. The van der Waals surface area contributed by atoms with Crippen LogP contribution in [0.25, 0.3) is 0 Å². The Morgan fingerprint density at radius 2 is 1.83 bits per heavy atom. The summed E-state index contributed by atoms with van der Waals surface area (Å²) < 4.78 is 43.6. The van der Waals surface area contributed by atoms with Gasteiger partial charge in [0.05, 0.1) is 18.2 Å². The van der Waals surface area contributed by atoms with Crippen molar-refractivity contribution < 1.29 is 32.6 Å². The number of carboxylic acid groups (broad SMARTS) is 1. The molecule has 2 aromatic carbocycles. The average Bonchev–Trinajstić information content (AvgIpc) is 3.58. The van der Waals surface area contributed by atoms with Gasteiger partial charge in [0, 0.05) is 12.1 Å². The van der Waals surface area contributed by atoms with Crippen LogP contribution in [0, 0.1) is 12.8 Å². The van der Waals surface area contributed by atoms with Crippen molar-refractivity contribution in [1.82, 2.24) is 0 Å². The van der Waals surface area contributed by atoms with E-state index in [2.05, 4.69) is 10.6 Å². The van der Waals surface area contributed by atoms with Crippen LogP contribution in [-0.2, 0) is 11.2 Å². The van der Waals surface area contributed by atoms with E-state index in [1.54, 1.807) is 18.2 Å². The van der Waals surface area contributed by atoms with Crippen LogP contribution in [0.2, 0.25) is 0 Å². The minimum absolute atomic E-state index is 0.159. The fourth-order valence-corrected chi connectivity index (χ4v) is 3.95. The number of amides is 2. The van der Waals surface area contributed by atoms with E-state index >= 15 is 0 Å². The maximum Gasteiger partial charge on any atom is 0.389 e. The molecule has 2 aromatic rings. The minimum atomic E-state index is -4.27. The monoisotopic (exact) mass is 492 g/mol. The lowest BCUT2D eigenvalue weighted by atomic mass is 9.99. The number of benzene rings is 2. The molecule has 1 saturated carbocycles. The number of anilines is 2. The fourth-order valence-electron chi connectivity index (χ4n) is 3.95. The Morgan fingerprint density at radius 1 is 1.11 bits per heavy atom. The Kier molecular flexibility index (Phi) is 8.64. The van der Waals surface area contributed by atoms with Gasteiger partial charge in [-0.15, -0.1) is 0 Å². The summed E-state index contributed by atoms with van der Waals surface area (Å²) in [4.78, 5) is 24.2. The maximum atomic E-state index is 12.8. The van der Waals surface area contributed by atoms with Crippen LogP contribution in [0.1, 0.15) is 61.6 Å². The Hall–Kier alpha value is -3.23. The number of hydrogen-bond acceptors (Lipinski definition) is 3. The second kappa shape index (κ2) is 11.5. The van der Waals surface area contributed by atoms with Crippen molar-refractivity contribution in [2.75, 3.05) is 17.2 Å². The summed E-state index contributed by atoms with van der Waals surface area (Å²) in [6.45, 7) is 3.79. The quantitative estimate of drug-likeness (QED) is 0.298. The fraction of sp³-hybridized carbons (Fsp3) is 0.462. The molecule has 0 bridgehead atoms. The summed E-state index contributed by atoms with van der Waals surface area (Å²) in [5.41, 5.74) is 3.46. The summed E-state index contributed by atoms with van der Waals surface area (Å²) in [5, 5.41) is 14.9. The van der Waals surface area contributed by atoms with E-state index in [1.807, 2.05) is 32.0 Å². The van der Waals surface area contributed by atoms with E-state index in [9.17, 15) is 27.9 Å². The molecule has 0 unspecified atom stereocenters. The molecule has 2 amide bonds. The second-order valence-electron chi connectivity index (χ2n) is 8.96. The molecule has 0 heterocycles. The first-order chi connectivity index (χ1) is 16.6. The van der Waals surface area contributed by atoms with Gasteiger partial charge in [-0.25, -0.2) is 4.79 Å². The molecule has 3 rings (SSSR count). The van der Waals surface area contributed by atoms with Crippen molar-refractivity contribution in [1.29, 1.82) is 0 Å². The van der Waals surface area contributed by atoms with Crippen LogP contribution >= 0.6 is 0 Å². The third-order valence-corrected chi connectivity index (χ3v) is 5.93. The zero-order chi connectivity index (χ0) is 25.6. The maximum absolute atomic E-state index is 12.8. The number of hydrogen-bond donors (Lipinski definition) is 3. The number of unbranched alkanes of at least 4 members (excludes halogenated alkanes) is 1. The number of carbonyl (C=O) groups excluding carboxylic acids is 1. The minimum Gasteiger partial charge on any atom is -0.491 e. The van der Waals surface area contributed by atoms with Gasteiger partial charge in [0.25, 0.3) is 0 Å². The predicted molar refractivity (Wildman–Crippen MR) is 128 cm³/mol. The van der Waals surface area contributed by atoms with Crippen molar-refractivity contribution in [3.05, 3.63) is 53.1 Å². The highest BCUT2D eigenvalue weighted by molar-refractivity contribution is 6.01. The number of carbonyl (C=O) groups is 2. The molecule has 0 radical (unpaired) electrons. The van der Waals surface area contributed by atoms with Gasteiger partial charge in [0.15, 0.2) is 0 Å². The van der Waals surface area contributed by atoms with Crippen molar-refractivity contribution in [3.8, 4) is 5.75 Å². The predicted octanol–water partition coefficient (Wildman–Crippen LogP) is 6.89. The SMILES string of the molecule is CCCCc1cc([C@H]2C[C@@H]2C(=O)O)cc(NC(=O)Nc2ccc(C)cc2)c1OCCCC(F)(F)F. The zero-order valence-corrected chi connectivity index (χ0v) is 19.9. The summed E-state index contributed by atoms with van der Waals surface area (Å²) >= 11 is 0. The Bertz CT molecular complexity index is 1040. The lowest BCUT2D eigenvalue weighted by Gasteiger charge is -2.19. The molecule has 35 heavy (non-hydrogen) atoms. The normalized spacial score (nSPS) is 17.1. The molecule has 0 aliphatic heterocycles. The number of aryl methyl sites for hydroxylation is 2. The molecule has 0 saturated heterocycles. The van der Waals surface area contributed by atoms with Crippen molar-refractivity contribution >= 4 is 23.4 Å². The summed E-state index contributed by atoms with van der Waals surface area (Å²) in [5.74, 6) is -1.20. The summed E-state index contributed by atoms with van der Waals surface area (Å²) in [6, 6.07) is 10.2. The number of halogens is 3. The van der Waals surface area contributed by atoms with E-state index in [-0.39, 0.29) is 18.9 Å². The number of urea groups is 1. The van der Waals surface area contributed by atoms with Crippen molar-refractivity contribution in [2.45, 2.75) is 64.5 Å². The van der Waals surface area contributed by atoms with Crippen LogP contribution < -0.4 is 15.4 Å². The molecule has 1 aliphatic rings. The van der Waals surface area contributed by atoms with Crippen LogP contribution in [0.4, 0.5) is 29.3 Å². The number of ether oxygens (including phenoxy) is 1. The first kappa shape index (κ1) is 26.4. The summed E-state index contributed by atoms with van der Waals surface area (Å²) in [7, 11) is 0. The summed E-state index contributed by atoms with van der Waals surface area (Å²) in [6.07, 6.45) is -2.66. The molecule has 9 heteroatoms. The lowest BCUT2D eigenvalue weighted by Crippen LogP contribution is -2.20. The number of aliphatic carboxylic acids is 1. The first-order valence-electron chi connectivity index (χ1n) is 11.8. The van der Waals surface area contributed by atoms with Gasteiger partial charge in [-0.1, -0.05) is 37.1 Å². The molecule has 1 aliphatic carbocycles. The van der Waals surface area contributed by atoms with Crippen molar-refractivity contribution in [3.63, 3.8) is 0 Å². The van der Waals surface area contributed by atoms with E-state index in [1.165, 1.54) is 0 Å². The highest BCUT2D eigenvalue weighted by Gasteiger charge is 2.44. The number of nitrogens with one attached hydrogen (secondary N) is 2. The topological polar surface area (TPSA) is 87.7 Å². The molecule has 0 spiro atoms. The number of rotatable bonds is 11. The van der Waals surface area contributed by atoms with Gasteiger partial charge in [0.2, 0.25) is 0 Å². The van der Waals surface area contributed by atoms with Gasteiger partial charge < -0.3 is 20.5 Å². The first-order valence-corrected chi connectivity index (χ1v) is 11.8. The molecular formula is C26H31F3N2O4. The van der Waals surface area contributed by atoms with E-state index in [0.717, 1.165) is 29.5 Å². The van der Waals surface area contributed by atoms with Crippen LogP contribution in [-0.4, -0.2) is 29.9 Å². The van der Waals surface area contributed by atoms with Gasteiger partial charge >= 0.3 is 18.2 Å². The third kappa shape index (κ3) is 7.90. The molecule has 0 aromatic heterocycles. The largest absolute Gasteiger partial charge is 0.491 e. The third-order valence-electron chi connectivity index (χ3n) is 5.93.